The Morgan fingerprint density at radius 3 is 2.48 bits per heavy atom. The van der Waals surface area contributed by atoms with Crippen LogP contribution in [0.2, 0.25) is 0 Å². The van der Waals surface area contributed by atoms with Gasteiger partial charge in [0.2, 0.25) is 17.7 Å². The molecule has 0 radical (unpaired) electrons. The molecule has 2 bridgehead atoms. The maximum Gasteiger partial charge on any atom is 0.248 e. The molecule has 8 heteroatoms. The Balaban J connectivity index is 1.82. The summed E-state index contributed by atoms with van der Waals surface area (Å²) < 4.78 is 6.89. The Morgan fingerprint density at radius 1 is 1.20 bits per heavy atom. The zero-order valence-corrected chi connectivity index (χ0v) is 24.4. The van der Waals surface area contributed by atoms with Crippen LogP contribution in [0.5, 0.6) is 0 Å². The van der Waals surface area contributed by atoms with E-state index in [-0.39, 0.29) is 49.4 Å². The normalized spacial score (nSPS) is 31.1. The van der Waals surface area contributed by atoms with E-state index in [9.17, 15) is 19.5 Å². The van der Waals surface area contributed by atoms with Gasteiger partial charge in [-0.1, -0.05) is 50.6 Å². The number of aliphatic hydroxyl groups is 1. The smallest absolute Gasteiger partial charge is 0.248 e. The third-order valence-corrected chi connectivity index (χ3v) is 9.36. The molecule has 1 spiro atoms. The fourth-order valence-electron chi connectivity index (χ4n) is 7.46. The summed E-state index contributed by atoms with van der Waals surface area (Å²) >= 11 is 0. The molecule has 1 N–H and O–H groups in total. The second-order valence-electron chi connectivity index (χ2n) is 11.8. The number of para-hydroxylation sites is 1. The topological polar surface area (TPSA) is 90.4 Å². The first-order chi connectivity index (χ1) is 19.1. The predicted molar refractivity (Wildman–Crippen MR) is 155 cm³/mol. The first-order valence-electron chi connectivity index (χ1n) is 14.6. The van der Waals surface area contributed by atoms with Gasteiger partial charge < -0.3 is 24.5 Å². The predicted octanol–water partition coefficient (Wildman–Crippen LogP) is 3.80. The fourth-order valence-corrected chi connectivity index (χ4v) is 7.46. The van der Waals surface area contributed by atoms with Crippen LogP contribution in [-0.2, 0) is 19.1 Å². The first kappa shape index (κ1) is 30.0. The minimum atomic E-state index is -1.12. The number of aliphatic hydroxyl groups excluding tert-OH is 1. The lowest BCUT2D eigenvalue weighted by Gasteiger charge is -2.39. The molecule has 3 amide bonds. The van der Waals surface area contributed by atoms with Gasteiger partial charge in [0.1, 0.15) is 11.6 Å². The van der Waals surface area contributed by atoms with E-state index in [0.29, 0.717) is 19.4 Å². The summed E-state index contributed by atoms with van der Waals surface area (Å²) in [4.78, 5) is 48.3. The van der Waals surface area contributed by atoms with Gasteiger partial charge in [0.15, 0.2) is 0 Å². The van der Waals surface area contributed by atoms with E-state index in [4.69, 9.17) is 4.74 Å². The van der Waals surface area contributed by atoms with E-state index in [1.807, 2.05) is 44.2 Å². The van der Waals surface area contributed by atoms with Crippen molar-refractivity contribution in [2.45, 2.75) is 76.7 Å². The van der Waals surface area contributed by atoms with Crippen LogP contribution in [0.3, 0.4) is 0 Å². The van der Waals surface area contributed by atoms with Crippen molar-refractivity contribution in [2.75, 3.05) is 31.1 Å². The van der Waals surface area contributed by atoms with Crippen LogP contribution in [0.15, 0.2) is 55.6 Å². The second kappa shape index (κ2) is 11.9. The molecule has 3 aliphatic heterocycles. The average Bonchev–Trinajstić information content (AvgIpc) is 3.45. The van der Waals surface area contributed by atoms with E-state index in [0.717, 1.165) is 18.5 Å². The van der Waals surface area contributed by atoms with Crippen molar-refractivity contribution in [3.8, 4) is 0 Å². The van der Waals surface area contributed by atoms with Gasteiger partial charge in [-0.15, -0.1) is 13.2 Å². The van der Waals surface area contributed by atoms with E-state index in [2.05, 4.69) is 27.0 Å². The summed E-state index contributed by atoms with van der Waals surface area (Å²) in [7, 11) is 0. The third kappa shape index (κ3) is 4.69. The van der Waals surface area contributed by atoms with Gasteiger partial charge in [-0.25, -0.2) is 0 Å². The summed E-state index contributed by atoms with van der Waals surface area (Å²) in [5, 5.41) is 9.66. The molecule has 0 aromatic heterocycles. The molecule has 3 heterocycles. The minimum Gasteiger partial charge on any atom is -0.396 e. The van der Waals surface area contributed by atoms with Gasteiger partial charge in [-0.05, 0) is 51.2 Å². The molecule has 218 valence electrons. The number of ether oxygens (including phenoxy) is 1. The van der Waals surface area contributed by atoms with E-state index in [1.165, 1.54) is 0 Å². The molecule has 4 rings (SSSR count). The Bertz CT molecular complexity index is 1120. The summed E-state index contributed by atoms with van der Waals surface area (Å²) in [5.41, 5.74) is -1.31. The number of hydrogen-bond acceptors (Lipinski definition) is 5. The Hall–Kier alpha value is -2.97. The molecule has 8 nitrogen and oxygen atoms in total. The minimum absolute atomic E-state index is 0.0500. The highest BCUT2D eigenvalue weighted by atomic mass is 16.5. The van der Waals surface area contributed by atoms with Gasteiger partial charge in [0.25, 0.3) is 0 Å². The second-order valence-corrected chi connectivity index (χ2v) is 11.8. The van der Waals surface area contributed by atoms with Gasteiger partial charge >= 0.3 is 0 Å². The van der Waals surface area contributed by atoms with Crippen LogP contribution >= 0.6 is 0 Å². The fraction of sp³-hybridized carbons (Fsp3) is 0.594. The van der Waals surface area contributed by atoms with Gasteiger partial charge in [0.05, 0.1) is 17.4 Å². The van der Waals surface area contributed by atoms with Crippen molar-refractivity contribution in [3.63, 3.8) is 0 Å². The highest BCUT2D eigenvalue weighted by Gasteiger charge is 2.80. The third-order valence-electron chi connectivity index (χ3n) is 9.36. The molecular formula is C32H45N3O5. The zero-order chi connectivity index (χ0) is 29.2. The van der Waals surface area contributed by atoms with E-state index >= 15 is 0 Å². The summed E-state index contributed by atoms with van der Waals surface area (Å²) in [5.74, 6) is -2.23. The molecule has 1 aromatic rings. The molecule has 1 aromatic carbocycles. The summed E-state index contributed by atoms with van der Waals surface area (Å²) in [6.45, 7) is 16.6. The van der Waals surface area contributed by atoms with Crippen LogP contribution in [0.25, 0.3) is 0 Å². The molecule has 0 aliphatic carbocycles. The molecule has 7 atom stereocenters. The largest absolute Gasteiger partial charge is 0.396 e. The maximum absolute atomic E-state index is 14.5. The number of carbonyl (C=O) groups is 3. The molecule has 0 saturated carbocycles. The molecular weight excluding hydrogens is 506 g/mol. The molecule has 3 fully saturated rings. The van der Waals surface area contributed by atoms with Crippen LogP contribution in [0.1, 0.15) is 53.4 Å². The monoisotopic (exact) mass is 551 g/mol. The Labute approximate surface area is 238 Å². The summed E-state index contributed by atoms with van der Waals surface area (Å²) in [6, 6.07) is 8.46. The van der Waals surface area contributed by atoms with Crippen LogP contribution in [-0.4, -0.2) is 82.2 Å². The van der Waals surface area contributed by atoms with E-state index in [1.54, 1.807) is 26.9 Å². The maximum atomic E-state index is 14.5. The molecule has 40 heavy (non-hydrogen) atoms. The van der Waals surface area contributed by atoms with Gasteiger partial charge in [-0.2, -0.15) is 0 Å². The quantitative estimate of drug-likeness (QED) is 0.377. The number of nitrogens with zero attached hydrogens (tertiary/aromatic N) is 3. The van der Waals surface area contributed by atoms with Crippen molar-refractivity contribution in [1.29, 1.82) is 0 Å². The molecule has 4 unspecified atom stereocenters. The Kier molecular flexibility index (Phi) is 8.90. The van der Waals surface area contributed by atoms with Crippen LogP contribution in [0.4, 0.5) is 5.69 Å². The SMILES string of the molecule is C=CCN(C(=O)[C@@H]1[C@H]2C(=O)N(CCCO)C(C(=O)N(CC=C)C(C)CCC)C23CC(C)[C@@]1(C)O3)c1ccccc1. The van der Waals surface area contributed by atoms with E-state index < -0.39 is 29.1 Å². The Morgan fingerprint density at radius 2 is 1.88 bits per heavy atom. The zero-order valence-electron chi connectivity index (χ0n) is 24.4. The van der Waals surface area contributed by atoms with Crippen molar-refractivity contribution in [1.82, 2.24) is 9.80 Å². The first-order valence-corrected chi connectivity index (χ1v) is 14.6. The van der Waals surface area contributed by atoms with Gasteiger partial charge in [-0.3, -0.25) is 14.4 Å². The average molecular weight is 552 g/mol. The lowest BCUT2D eigenvalue weighted by Crippen LogP contribution is -2.58. The highest BCUT2D eigenvalue weighted by molar-refractivity contribution is 6.03. The van der Waals surface area contributed by atoms with Crippen molar-refractivity contribution in [3.05, 3.63) is 55.6 Å². The van der Waals surface area contributed by atoms with Crippen molar-refractivity contribution in [2.24, 2.45) is 17.8 Å². The number of rotatable bonds is 13. The number of carbonyl (C=O) groups excluding carboxylic acids is 3. The number of hydrogen-bond donors (Lipinski definition) is 1. The number of anilines is 1. The molecule has 3 saturated heterocycles. The lowest BCUT2D eigenvalue weighted by atomic mass is 9.62. The number of likely N-dealkylation sites (tertiary alicyclic amines) is 1. The highest BCUT2D eigenvalue weighted by Crippen LogP contribution is 2.65. The number of fused-ring (bicyclic) bond motifs is 1. The van der Waals surface area contributed by atoms with Gasteiger partial charge in [0, 0.05) is 38.0 Å². The molecule has 3 aliphatic rings. The standard InChI is InChI=1S/C32H45N3O5/c1-7-14-23(5)33(17-8-2)30(39)27-32-21-22(4)31(6,40-32)25(26(32)29(38)35(27)19-13-20-36)28(37)34(18-9-3)24-15-11-10-12-16-24/h8-12,15-16,22-23,25-27,36H,2-3,7,13-14,17-21H2,1,4-6H3/t22?,23?,25-,26-,27?,31+,32?/m0/s1. The summed E-state index contributed by atoms with van der Waals surface area (Å²) in [6.07, 6.45) is 5.96. The van der Waals surface area contributed by atoms with Crippen LogP contribution in [0, 0.1) is 17.8 Å². The van der Waals surface area contributed by atoms with Crippen molar-refractivity contribution < 1.29 is 24.2 Å². The lowest BCUT2D eigenvalue weighted by molar-refractivity contribution is -0.153. The van der Waals surface area contributed by atoms with Crippen molar-refractivity contribution >= 4 is 23.4 Å². The number of benzene rings is 1. The van der Waals surface area contributed by atoms with Crippen LogP contribution < -0.4 is 4.90 Å². The number of amides is 3.